The van der Waals surface area contributed by atoms with Gasteiger partial charge in [-0.05, 0) is 31.7 Å². The van der Waals surface area contributed by atoms with Crippen LogP contribution in [0.15, 0.2) is 11.6 Å². The Kier molecular flexibility index (Phi) is 3.38. The first kappa shape index (κ1) is 10.6. The molecule has 1 unspecified atom stereocenters. The molecule has 2 rings (SSSR count). The molecule has 2 aliphatic rings. The van der Waals surface area contributed by atoms with Crippen LogP contribution in [-0.2, 0) is 9.53 Å². The van der Waals surface area contributed by atoms with Crippen LogP contribution < -0.4 is 5.32 Å². The van der Waals surface area contributed by atoms with Crippen molar-refractivity contribution in [1.82, 2.24) is 5.32 Å². The van der Waals surface area contributed by atoms with Crippen LogP contribution in [-0.4, -0.2) is 36.9 Å². The quantitative estimate of drug-likeness (QED) is 0.709. The lowest BCUT2D eigenvalue weighted by Gasteiger charge is -2.31. The molecule has 0 aromatic rings. The van der Waals surface area contributed by atoms with Crippen molar-refractivity contribution in [2.75, 3.05) is 19.8 Å². The molecule has 0 bridgehead atoms. The Balaban J connectivity index is 2.01. The molecule has 1 saturated heterocycles. The maximum atomic E-state index is 10.9. The molecule has 4 nitrogen and oxygen atoms in total. The minimum Gasteiger partial charge on any atom is -0.478 e. The van der Waals surface area contributed by atoms with E-state index in [-0.39, 0.29) is 6.04 Å². The predicted octanol–water partition coefficient (Wildman–Crippen LogP) is 0.786. The van der Waals surface area contributed by atoms with Gasteiger partial charge in [-0.2, -0.15) is 0 Å². The Morgan fingerprint density at radius 3 is 2.87 bits per heavy atom. The van der Waals surface area contributed by atoms with Crippen LogP contribution in [0.1, 0.15) is 19.3 Å². The Morgan fingerprint density at radius 2 is 2.20 bits per heavy atom. The summed E-state index contributed by atoms with van der Waals surface area (Å²) in [7, 11) is 0. The van der Waals surface area contributed by atoms with Crippen molar-refractivity contribution in [3.63, 3.8) is 0 Å². The smallest absolute Gasteiger partial charge is 0.331 e. The number of carboxylic acids is 1. The van der Waals surface area contributed by atoms with E-state index >= 15 is 0 Å². The van der Waals surface area contributed by atoms with E-state index in [0.29, 0.717) is 17.9 Å². The van der Waals surface area contributed by atoms with Gasteiger partial charge in [-0.3, -0.25) is 0 Å². The molecule has 0 radical (unpaired) electrons. The fourth-order valence-electron chi connectivity index (χ4n) is 2.29. The van der Waals surface area contributed by atoms with Gasteiger partial charge in [0, 0.05) is 24.8 Å². The van der Waals surface area contributed by atoms with Crippen molar-refractivity contribution < 1.29 is 14.6 Å². The highest BCUT2D eigenvalue weighted by Crippen LogP contribution is 2.23. The highest BCUT2D eigenvalue weighted by Gasteiger charge is 2.26. The van der Waals surface area contributed by atoms with Crippen LogP contribution in [0.2, 0.25) is 0 Å². The zero-order chi connectivity index (χ0) is 10.7. The van der Waals surface area contributed by atoms with Crippen LogP contribution >= 0.6 is 0 Å². The molecule has 0 saturated carbocycles. The van der Waals surface area contributed by atoms with Gasteiger partial charge in [-0.25, -0.2) is 4.79 Å². The summed E-state index contributed by atoms with van der Waals surface area (Å²) in [6.07, 6.45) is 4.58. The first-order valence-electron chi connectivity index (χ1n) is 5.52. The number of carboxylic acid groups (broad SMARTS) is 1. The lowest BCUT2D eigenvalue weighted by atomic mass is 9.88. The number of carbonyl (C=O) groups is 1. The van der Waals surface area contributed by atoms with E-state index in [2.05, 4.69) is 5.32 Å². The van der Waals surface area contributed by atoms with Crippen LogP contribution in [0.25, 0.3) is 0 Å². The molecule has 1 fully saturated rings. The topological polar surface area (TPSA) is 58.6 Å². The number of ether oxygens (including phenoxy) is 1. The van der Waals surface area contributed by atoms with Gasteiger partial charge in [0.15, 0.2) is 0 Å². The Morgan fingerprint density at radius 1 is 1.47 bits per heavy atom. The molecule has 4 heteroatoms. The fourth-order valence-corrected chi connectivity index (χ4v) is 2.29. The minimum absolute atomic E-state index is 0.230. The number of hydrogen-bond donors (Lipinski definition) is 2. The second kappa shape index (κ2) is 4.77. The van der Waals surface area contributed by atoms with E-state index < -0.39 is 5.97 Å². The Hall–Kier alpha value is -0.870. The largest absolute Gasteiger partial charge is 0.478 e. The van der Waals surface area contributed by atoms with Crippen LogP contribution in [0.4, 0.5) is 0 Å². The average Bonchev–Trinajstić information content (AvgIpc) is 2.30. The second-order valence-corrected chi connectivity index (χ2v) is 4.18. The lowest BCUT2D eigenvalue weighted by Crippen LogP contribution is -2.41. The predicted molar refractivity (Wildman–Crippen MR) is 55.7 cm³/mol. The normalized spacial score (nSPS) is 28.5. The summed E-state index contributed by atoms with van der Waals surface area (Å²) >= 11 is 0. The summed E-state index contributed by atoms with van der Waals surface area (Å²) in [4.78, 5) is 10.9. The fraction of sp³-hybridized carbons (Fsp3) is 0.727. The van der Waals surface area contributed by atoms with Gasteiger partial charge in [-0.15, -0.1) is 0 Å². The summed E-state index contributed by atoms with van der Waals surface area (Å²) in [6.45, 7) is 2.39. The number of hydrogen-bond acceptors (Lipinski definition) is 3. The Bertz CT molecular complexity index is 269. The molecular formula is C11H17NO3. The molecule has 2 heterocycles. The van der Waals surface area contributed by atoms with Crippen LogP contribution in [0, 0.1) is 5.92 Å². The molecule has 84 valence electrons. The lowest BCUT2D eigenvalue weighted by molar-refractivity contribution is -0.132. The molecule has 2 N–H and O–H groups in total. The van der Waals surface area contributed by atoms with Crippen molar-refractivity contribution in [2.24, 2.45) is 5.92 Å². The van der Waals surface area contributed by atoms with Gasteiger partial charge >= 0.3 is 5.97 Å². The SMILES string of the molecule is O=C(O)C1=CC(C2CCOCC2)NCC1. The molecular weight excluding hydrogens is 194 g/mol. The van der Waals surface area contributed by atoms with Crippen molar-refractivity contribution in [3.8, 4) is 0 Å². The maximum Gasteiger partial charge on any atom is 0.331 e. The van der Waals surface area contributed by atoms with Crippen molar-refractivity contribution in [1.29, 1.82) is 0 Å². The van der Waals surface area contributed by atoms with Crippen LogP contribution in [0.5, 0.6) is 0 Å². The summed E-state index contributed by atoms with van der Waals surface area (Å²) in [6, 6.07) is 0.230. The first-order chi connectivity index (χ1) is 7.27. The third kappa shape index (κ3) is 2.58. The van der Waals surface area contributed by atoms with E-state index in [1.165, 1.54) is 0 Å². The zero-order valence-corrected chi connectivity index (χ0v) is 8.74. The minimum atomic E-state index is -0.770. The van der Waals surface area contributed by atoms with Crippen molar-refractivity contribution in [3.05, 3.63) is 11.6 Å². The maximum absolute atomic E-state index is 10.9. The van der Waals surface area contributed by atoms with E-state index in [4.69, 9.17) is 9.84 Å². The van der Waals surface area contributed by atoms with Gasteiger partial charge in [0.25, 0.3) is 0 Å². The van der Waals surface area contributed by atoms with Crippen molar-refractivity contribution in [2.45, 2.75) is 25.3 Å². The monoisotopic (exact) mass is 211 g/mol. The highest BCUT2D eigenvalue weighted by molar-refractivity contribution is 5.86. The van der Waals surface area contributed by atoms with Crippen molar-refractivity contribution >= 4 is 5.97 Å². The third-order valence-electron chi connectivity index (χ3n) is 3.20. The molecule has 0 aliphatic carbocycles. The van der Waals surface area contributed by atoms with E-state index in [0.717, 1.165) is 32.6 Å². The van der Waals surface area contributed by atoms with Gasteiger partial charge in [0.05, 0.1) is 0 Å². The molecule has 2 aliphatic heterocycles. The summed E-state index contributed by atoms with van der Waals surface area (Å²) in [5.41, 5.74) is 0.560. The molecule has 0 amide bonds. The average molecular weight is 211 g/mol. The molecule has 0 aromatic carbocycles. The number of rotatable bonds is 2. The standard InChI is InChI=1S/C11H17NO3/c13-11(14)9-1-4-12-10(7-9)8-2-5-15-6-3-8/h7-8,10,12H,1-6H2,(H,13,14). The van der Waals surface area contributed by atoms with Gasteiger partial charge < -0.3 is 15.2 Å². The second-order valence-electron chi connectivity index (χ2n) is 4.18. The van der Waals surface area contributed by atoms with Gasteiger partial charge in [0.2, 0.25) is 0 Å². The zero-order valence-electron chi connectivity index (χ0n) is 8.74. The van der Waals surface area contributed by atoms with Gasteiger partial charge in [0.1, 0.15) is 0 Å². The molecule has 15 heavy (non-hydrogen) atoms. The summed E-state index contributed by atoms with van der Waals surface area (Å²) in [5.74, 6) is -0.234. The van der Waals surface area contributed by atoms with E-state index in [9.17, 15) is 4.79 Å². The number of nitrogens with one attached hydrogen (secondary N) is 1. The molecule has 1 atom stereocenters. The first-order valence-corrected chi connectivity index (χ1v) is 5.52. The van der Waals surface area contributed by atoms with E-state index in [1.807, 2.05) is 6.08 Å². The third-order valence-corrected chi connectivity index (χ3v) is 3.20. The Labute approximate surface area is 89.3 Å². The van der Waals surface area contributed by atoms with Crippen LogP contribution in [0.3, 0.4) is 0 Å². The highest BCUT2D eigenvalue weighted by atomic mass is 16.5. The molecule has 0 spiro atoms. The molecule has 0 aromatic heterocycles. The van der Waals surface area contributed by atoms with Gasteiger partial charge in [-0.1, -0.05) is 6.08 Å². The number of aliphatic carboxylic acids is 1. The van der Waals surface area contributed by atoms with E-state index in [1.54, 1.807) is 0 Å². The summed E-state index contributed by atoms with van der Waals surface area (Å²) in [5, 5.41) is 12.3. The summed E-state index contributed by atoms with van der Waals surface area (Å²) < 4.78 is 5.30.